The zero-order valence-corrected chi connectivity index (χ0v) is 6.54. The molecule has 0 saturated heterocycles. The Balaban J connectivity index is 4.16. The second-order valence-electron chi connectivity index (χ2n) is 1.28. The molecule has 3 N–H and O–H groups in total. The first-order chi connectivity index (χ1) is 4.89. The van der Waals surface area contributed by atoms with Crippen molar-refractivity contribution in [1.29, 1.82) is 0 Å². The summed E-state index contributed by atoms with van der Waals surface area (Å²) in [7, 11) is -4.67. The van der Waals surface area contributed by atoms with Gasteiger partial charge in [0, 0.05) is 0 Å². The number of phosphoric ester groups is 1. The Morgan fingerprint density at radius 2 is 2.00 bits per heavy atom. The third kappa shape index (κ3) is 3.94. The second kappa shape index (κ2) is 3.68. The lowest BCUT2D eigenvalue weighted by Gasteiger charge is -2.03. The first-order valence-electron chi connectivity index (χ1n) is 2.05. The number of phosphoric acid groups is 1. The molecule has 9 heteroatoms. The first kappa shape index (κ1) is 10.4. The average Bonchev–Trinajstić information content (AvgIpc) is 1.87. The summed E-state index contributed by atoms with van der Waals surface area (Å²) in [5.74, 6) is -3.22. The molecule has 0 radical (unpaired) electrons. The zero-order chi connectivity index (χ0) is 9.07. The van der Waals surface area contributed by atoms with Crippen LogP contribution in [-0.2, 0) is 22.8 Å². The fourth-order valence-corrected chi connectivity index (χ4v) is 0.576. The van der Waals surface area contributed by atoms with Gasteiger partial charge in [-0.15, -0.1) is 0 Å². The molecule has 0 aliphatic rings. The van der Waals surface area contributed by atoms with E-state index in [2.05, 4.69) is 26.2 Å². The maximum atomic E-state index is 10.2. The van der Waals surface area contributed by atoms with Gasteiger partial charge in [0.1, 0.15) is 0 Å². The van der Waals surface area contributed by atoms with E-state index in [1.54, 1.807) is 0 Å². The van der Waals surface area contributed by atoms with Gasteiger partial charge in [-0.1, -0.05) is 0 Å². The topological polar surface area (TPSA) is 116 Å². The van der Waals surface area contributed by atoms with Gasteiger partial charge in [0.15, 0.2) is 0 Å². The molecule has 0 bridgehead atoms. The van der Waals surface area contributed by atoms with E-state index in [0.717, 1.165) is 0 Å². The van der Waals surface area contributed by atoms with Crippen molar-refractivity contribution in [1.82, 2.24) is 0 Å². The summed E-state index contributed by atoms with van der Waals surface area (Å²) in [6, 6.07) is 0. The predicted molar refractivity (Wildman–Crippen MR) is 32.0 cm³/mol. The molecule has 0 rings (SSSR count). The van der Waals surface area contributed by atoms with Gasteiger partial charge in [-0.05, 0) is 0 Å². The van der Waals surface area contributed by atoms with Gasteiger partial charge >= 0.3 is 19.7 Å². The number of primary amides is 1. The van der Waals surface area contributed by atoms with E-state index in [-0.39, 0.29) is 0 Å². The summed E-state index contributed by atoms with van der Waals surface area (Å²) < 4.78 is 17.0. The highest BCUT2D eigenvalue weighted by Gasteiger charge is 2.28. The van der Waals surface area contributed by atoms with Crippen LogP contribution in [-0.4, -0.2) is 16.8 Å². The highest BCUT2D eigenvalue weighted by atomic mass is 35.5. The number of nitrogens with two attached hydrogens (primary N) is 1. The Bertz CT molecular complexity index is 227. The Labute approximate surface area is 65.8 Å². The fraction of sp³-hybridized carbons (Fsp3) is 0. The van der Waals surface area contributed by atoms with Crippen LogP contribution in [0.25, 0.3) is 0 Å². The highest BCUT2D eigenvalue weighted by molar-refractivity contribution is 7.49. The van der Waals surface area contributed by atoms with Gasteiger partial charge in [0.05, 0.1) is 11.9 Å². The molecule has 1 unspecified atom stereocenters. The summed E-state index contributed by atoms with van der Waals surface area (Å²) in [5.41, 5.74) is 4.35. The minimum Gasteiger partial charge on any atom is -0.362 e. The van der Waals surface area contributed by atoms with Crippen LogP contribution in [0.15, 0.2) is 0 Å². The molecule has 11 heavy (non-hydrogen) atoms. The lowest BCUT2D eigenvalue weighted by atomic mass is 10.7. The molecule has 0 aromatic carbocycles. The lowest BCUT2D eigenvalue weighted by Crippen LogP contribution is -2.24. The van der Waals surface area contributed by atoms with Crippen molar-refractivity contribution < 1.29 is 27.6 Å². The van der Waals surface area contributed by atoms with E-state index >= 15 is 0 Å². The Hall–Kier alpha value is -0.620. The van der Waals surface area contributed by atoms with Gasteiger partial charge in [-0.25, -0.2) is 9.36 Å². The lowest BCUT2D eigenvalue weighted by molar-refractivity contribution is -0.147. The maximum Gasteiger partial charge on any atom is 0.546 e. The van der Waals surface area contributed by atoms with Crippen molar-refractivity contribution in [3.8, 4) is 0 Å². The van der Waals surface area contributed by atoms with Crippen molar-refractivity contribution in [3.05, 3.63) is 0 Å². The fourth-order valence-electron chi connectivity index (χ4n) is 0.164. The van der Waals surface area contributed by atoms with Crippen molar-refractivity contribution in [2.24, 2.45) is 5.73 Å². The molecule has 0 fully saturated rings. The quantitative estimate of drug-likeness (QED) is 0.452. The van der Waals surface area contributed by atoms with Gasteiger partial charge in [0.25, 0.3) is 0 Å². The van der Waals surface area contributed by atoms with Crippen molar-refractivity contribution >= 4 is 31.6 Å². The summed E-state index contributed by atoms with van der Waals surface area (Å²) >= 11 is 4.40. The van der Waals surface area contributed by atoms with Gasteiger partial charge < -0.3 is 10.3 Å². The van der Waals surface area contributed by atoms with Gasteiger partial charge in [-0.3, -0.25) is 9.69 Å². The van der Waals surface area contributed by atoms with Crippen LogP contribution in [0.2, 0.25) is 0 Å². The molecular weight excluding hydrogens is 200 g/mol. The average molecular weight is 203 g/mol. The van der Waals surface area contributed by atoms with Gasteiger partial charge in [-0.2, -0.15) is 4.08 Å². The molecule has 0 aromatic heterocycles. The van der Waals surface area contributed by atoms with E-state index in [0.29, 0.717) is 0 Å². The maximum absolute atomic E-state index is 10.2. The number of rotatable bonds is 2. The van der Waals surface area contributed by atoms with Crippen LogP contribution >= 0.6 is 19.7 Å². The number of carbonyl (C=O) groups excluding carboxylic acids is 2. The predicted octanol–water partition coefficient (Wildman–Crippen LogP) is -0.714. The van der Waals surface area contributed by atoms with E-state index in [4.69, 9.17) is 4.89 Å². The molecule has 0 heterocycles. The number of amides is 1. The number of hydrogen-bond acceptors (Lipinski definition) is 5. The number of carbonyl (C=O) groups is 2. The Kier molecular flexibility index (Phi) is 3.47. The zero-order valence-electron chi connectivity index (χ0n) is 4.89. The molecule has 0 saturated carbocycles. The molecule has 64 valence electrons. The van der Waals surface area contributed by atoms with Gasteiger partial charge in [0.2, 0.25) is 0 Å². The van der Waals surface area contributed by atoms with Crippen molar-refractivity contribution in [3.63, 3.8) is 0 Å². The normalized spacial score (nSPS) is 15.1. The van der Waals surface area contributed by atoms with E-state index in [9.17, 15) is 14.2 Å². The molecule has 7 nitrogen and oxygen atoms in total. The molecule has 0 aliphatic heterocycles. The van der Waals surface area contributed by atoms with Crippen molar-refractivity contribution in [2.45, 2.75) is 0 Å². The third-order valence-electron chi connectivity index (χ3n) is 0.487. The summed E-state index contributed by atoms with van der Waals surface area (Å²) in [6.45, 7) is 0. The van der Waals surface area contributed by atoms with E-state index in [1.165, 1.54) is 0 Å². The SMILES string of the molecule is NC(=O)C(=O)OP(=O)(O)OCl. The van der Waals surface area contributed by atoms with Crippen LogP contribution in [0.5, 0.6) is 0 Å². The smallest absolute Gasteiger partial charge is 0.362 e. The number of halogens is 1. The molecule has 1 amide bonds. The van der Waals surface area contributed by atoms with Crippen LogP contribution in [0.3, 0.4) is 0 Å². The highest BCUT2D eigenvalue weighted by Crippen LogP contribution is 2.44. The van der Waals surface area contributed by atoms with Crippen LogP contribution in [0.4, 0.5) is 0 Å². The van der Waals surface area contributed by atoms with Crippen LogP contribution in [0, 0.1) is 0 Å². The molecule has 0 aromatic rings. The summed E-state index contributed by atoms with van der Waals surface area (Å²) in [5, 5.41) is 0. The molecular formula is C2H3ClNO6P. The minimum absolute atomic E-state index is 1.52. The molecule has 0 aliphatic carbocycles. The Morgan fingerprint density at radius 1 is 1.55 bits per heavy atom. The molecule has 1 atom stereocenters. The van der Waals surface area contributed by atoms with E-state index in [1.807, 2.05) is 0 Å². The summed E-state index contributed by atoms with van der Waals surface area (Å²) in [6.07, 6.45) is 0. The van der Waals surface area contributed by atoms with E-state index < -0.39 is 19.7 Å². The Morgan fingerprint density at radius 3 is 2.27 bits per heavy atom. The third-order valence-corrected chi connectivity index (χ3v) is 1.58. The monoisotopic (exact) mass is 203 g/mol. The summed E-state index contributed by atoms with van der Waals surface area (Å²) in [4.78, 5) is 28.4. The largest absolute Gasteiger partial charge is 0.546 e. The van der Waals surface area contributed by atoms with Crippen molar-refractivity contribution in [2.75, 3.05) is 0 Å². The van der Waals surface area contributed by atoms with Crippen LogP contribution in [0.1, 0.15) is 0 Å². The second-order valence-corrected chi connectivity index (χ2v) is 2.95. The van der Waals surface area contributed by atoms with Crippen LogP contribution < -0.4 is 5.73 Å². The first-order valence-corrected chi connectivity index (χ1v) is 3.86. The number of hydrogen-bond donors (Lipinski definition) is 2. The molecule has 0 spiro atoms. The standard InChI is InChI=1S/C2H3ClNO6P/c3-10-11(7,8)9-2(6)1(4)5/h(H2,4,5)(H,7,8). The minimum atomic E-state index is -4.67.